The Kier molecular flexibility index (Phi) is 3.64. The molecule has 0 amide bonds. The number of rotatable bonds is 3. The van der Waals surface area contributed by atoms with Crippen molar-refractivity contribution in [2.24, 2.45) is 0 Å². The van der Waals surface area contributed by atoms with Crippen molar-refractivity contribution in [1.82, 2.24) is 4.98 Å². The predicted molar refractivity (Wildman–Crippen MR) is 72.5 cm³/mol. The van der Waals surface area contributed by atoms with Crippen LogP contribution in [0.25, 0.3) is 0 Å². The van der Waals surface area contributed by atoms with Crippen molar-refractivity contribution in [3.8, 4) is 0 Å². The van der Waals surface area contributed by atoms with Gasteiger partial charge in [0.05, 0.1) is 11.9 Å². The van der Waals surface area contributed by atoms with Crippen LogP contribution in [0.4, 0.5) is 5.69 Å². The maximum Gasteiger partial charge on any atom is 0.0561 e. The molecule has 2 rings (SSSR count). The van der Waals surface area contributed by atoms with Crippen molar-refractivity contribution in [3.05, 3.63) is 58.9 Å². The molecule has 1 aromatic heterocycles. The van der Waals surface area contributed by atoms with Gasteiger partial charge in [0.25, 0.3) is 0 Å². The van der Waals surface area contributed by atoms with Crippen LogP contribution in [0.5, 0.6) is 0 Å². The van der Waals surface area contributed by atoms with Gasteiger partial charge in [-0.1, -0.05) is 23.7 Å². The zero-order valence-electron chi connectivity index (χ0n) is 9.94. The van der Waals surface area contributed by atoms with Gasteiger partial charge >= 0.3 is 0 Å². The summed E-state index contributed by atoms with van der Waals surface area (Å²) in [5, 5.41) is 4.20. The molecule has 2 nitrogen and oxygen atoms in total. The molecule has 88 valence electrons. The van der Waals surface area contributed by atoms with E-state index in [4.69, 9.17) is 11.6 Å². The second kappa shape index (κ2) is 5.19. The van der Waals surface area contributed by atoms with Crippen molar-refractivity contribution in [2.45, 2.75) is 19.9 Å². The number of anilines is 1. The quantitative estimate of drug-likeness (QED) is 0.877. The Bertz CT molecular complexity index is 511. The Hall–Kier alpha value is -1.54. The molecule has 1 unspecified atom stereocenters. The molecule has 0 aliphatic rings. The Morgan fingerprint density at radius 3 is 2.82 bits per heavy atom. The Morgan fingerprint density at radius 2 is 2.12 bits per heavy atom. The molecule has 0 aliphatic carbocycles. The summed E-state index contributed by atoms with van der Waals surface area (Å²) >= 11 is 5.98. The van der Waals surface area contributed by atoms with E-state index in [0.29, 0.717) is 0 Å². The van der Waals surface area contributed by atoms with Gasteiger partial charge in [0.2, 0.25) is 0 Å². The van der Waals surface area contributed by atoms with Gasteiger partial charge in [-0.25, -0.2) is 0 Å². The monoisotopic (exact) mass is 246 g/mol. The number of nitrogens with one attached hydrogen (secondary N) is 1. The first-order valence-electron chi connectivity index (χ1n) is 5.59. The number of hydrogen-bond acceptors (Lipinski definition) is 2. The number of aryl methyl sites for hydroxylation is 1. The first kappa shape index (κ1) is 11.9. The maximum absolute atomic E-state index is 5.98. The third-order valence-corrected chi connectivity index (χ3v) is 2.99. The van der Waals surface area contributed by atoms with Crippen LogP contribution in [0.2, 0.25) is 5.02 Å². The summed E-state index contributed by atoms with van der Waals surface area (Å²) in [6.45, 7) is 4.17. The molecule has 1 aromatic carbocycles. The van der Waals surface area contributed by atoms with Gasteiger partial charge in [0, 0.05) is 17.3 Å². The fourth-order valence-corrected chi connectivity index (χ4v) is 1.91. The van der Waals surface area contributed by atoms with Crippen LogP contribution in [-0.4, -0.2) is 4.98 Å². The number of nitrogens with zero attached hydrogens (tertiary/aromatic N) is 1. The number of hydrogen-bond donors (Lipinski definition) is 1. The number of aromatic nitrogens is 1. The van der Waals surface area contributed by atoms with Gasteiger partial charge in [-0.2, -0.15) is 0 Å². The lowest BCUT2D eigenvalue weighted by Crippen LogP contribution is -2.07. The van der Waals surface area contributed by atoms with Crippen LogP contribution in [-0.2, 0) is 0 Å². The van der Waals surface area contributed by atoms with Crippen LogP contribution in [0.1, 0.15) is 24.1 Å². The van der Waals surface area contributed by atoms with Crippen molar-refractivity contribution < 1.29 is 0 Å². The van der Waals surface area contributed by atoms with Gasteiger partial charge in [-0.3, -0.25) is 4.98 Å². The fraction of sp³-hybridized carbons (Fsp3) is 0.214. The summed E-state index contributed by atoms with van der Waals surface area (Å²) in [5.41, 5.74) is 3.41. The predicted octanol–water partition coefficient (Wildman–Crippen LogP) is 4.22. The van der Waals surface area contributed by atoms with E-state index in [0.717, 1.165) is 10.7 Å². The second-order valence-electron chi connectivity index (χ2n) is 4.11. The van der Waals surface area contributed by atoms with E-state index in [1.54, 1.807) is 6.20 Å². The lowest BCUT2D eigenvalue weighted by molar-refractivity contribution is 0.880. The van der Waals surface area contributed by atoms with Crippen LogP contribution < -0.4 is 5.32 Å². The van der Waals surface area contributed by atoms with E-state index in [9.17, 15) is 0 Å². The van der Waals surface area contributed by atoms with Crippen molar-refractivity contribution in [3.63, 3.8) is 0 Å². The molecule has 1 N–H and O–H groups in total. The number of benzene rings is 1. The average Bonchev–Trinajstić information content (AvgIpc) is 2.32. The highest BCUT2D eigenvalue weighted by Crippen LogP contribution is 2.22. The summed E-state index contributed by atoms with van der Waals surface area (Å²) < 4.78 is 0. The molecule has 0 saturated carbocycles. The van der Waals surface area contributed by atoms with Gasteiger partial charge in [-0.05, 0) is 43.2 Å². The van der Waals surface area contributed by atoms with E-state index in [1.165, 1.54) is 11.1 Å². The molecule has 0 aliphatic heterocycles. The van der Waals surface area contributed by atoms with E-state index in [2.05, 4.69) is 30.2 Å². The summed E-state index contributed by atoms with van der Waals surface area (Å²) in [6.07, 6.45) is 3.64. The highest BCUT2D eigenvalue weighted by Gasteiger charge is 2.07. The van der Waals surface area contributed by atoms with Gasteiger partial charge in [-0.15, -0.1) is 0 Å². The lowest BCUT2D eigenvalue weighted by Gasteiger charge is -2.17. The Labute approximate surface area is 107 Å². The zero-order valence-corrected chi connectivity index (χ0v) is 10.7. The van der Waals surface area contributed by atoms with E-state index >= 15 is 0 Å². The SMILES string of the molecule is Cc1ccncc1NC(C)c1cccc(Cl)c1. The minimum atomic E-state index is 0.205. The van der Waals surface area contributed by atoms with Gasteiger partial charge in [0.15, 0.2) is 0 Å². The fourth-order valence-electron chi connectivity index (χ4n) is 1.71. The molecule has 3 heteroatoms. The van der Waals surface area contributed by atoms with Crippen molar-refractivity contribution in [1.29, 1.82) is 0 Å². The highest BCUT2D eigenvalue weighted by atomic mass is 35.5. The Balaban J connectivity index is 2.17. The number of pyridine rings is 1. The minimum absolute atomic E-state index is 0.205. The zero-order chi connectivity index (χ0) is 12.3. The third kappa shape index (κ3) is 2.98. The molecular weight excluding hydrogens is 232 g/mol. The first-order chi connectivity index (χ1) is 8.16. The summed E-state index contributed by atoms with van der Waals surface area (Å²) in [5.74, 6) is 0. The average molecular weight is 247 g/mol. The summed E-state index contributed by atoms with van der Waals surface area (Å²) in [7, 11) is 0. The molecule has 17 heavy (non-hydrogen) atoms. The molecule has 0 bridgehead atoms. The lowest BCUT2D eigenvalue weighted by atomic mass is 10.1. The van der Waals surface area contributed by atoms with E-state index in [-0.39, 0.29) is 6.04 Å². The molecule has 1 atom stereocenters. The molecule has 0 fully saturated rings. The maximum atomic E-state index is 5.98. The van der Waals surface area contributed by atoms with Gasteiger partial charge in [0.1, 0.15) is 0 Å². The minimum Gasteiger partial charge on any atom is -0.377 e. The molecule has 0 spiro atoms. The molecule has 0 radical (unpaired) electrons. The second-order valence-corrected chi connectivity index (χ2v) is 4.55. The van der Waals surface area contributed by atoms with Crippen molar-refractivity contribution >= 4 is 17.3 Å². The van der Waals surface area contributed by atoms with Crippen LogP contribution in [0, 0.1) is 6.92 Å². The Morgan fingerprint density at radius 1 is 1.29 bits per heavy atom. The van der Waals surface area contributed by atoms with E-state index in [1.807, 2.05) is 30.5 Å². The van der Waals surface area contributed by atoms with Gasteiger partial charge < -0.3 is 5.32 Å². The standard InChI is InChI=1S/C14H15ClN2/c1-10-6-7-16-9-14(10)17-11(2)12-4-3-5-13(15)8-12/h3-9,11,17H,1-2H3. The highest BCUT2D eigenvalue weighted by molar-refractivity contribution is 6.30. The first-order valence-corrected chi connectivity index (χ1v) is 5.97. The van der Waals surface area contributed by atoms with Crippen LogP contribution >= 0.6 is 11.6 Å². The van der Waals surface area contributed by atoms with Crippen molar-refractivity contribution in [2.75, 3.05) is 5.32 Å². The normalized spacial score (nSPS) is 12.2. The van der Waals surface area contributed by atoms with Crippen LogP contribution in [0.15, 0.2) is 42.7 Å². The number of halogens is 1. The smallest absolute Gasteiger partial charge is 0.0561 e. The molecule has 2 aromatic rings. The third-order valence-electron chi connectivity index (χ3n) is 2.76. The molecule has 1 heterocycles. The summed E-state index contributed by atoms with van der Waals surface area (Å²) in [4.78, 5) is 4.12. The largest absolute Gasteiger partial charge is 0.377 e. The summed E-state index contributed by atoms with van der Waals surface area (Å²) in [6, 6.07) is 10.1. The topological polar surface area (TPSA) is 24.9 Å². The molecular formula is C14H15ClN2. The molecule has 0 saturated heterocycles. The van der Waals surface area contributed by atoms with E-state index < -0.39 is 0 Å². The van der Waals surface area contributed by atoms with Crippen LogP contribution in [0.3, 0.4) is 0 Å².